The number of pyridine rings is 2. The van der Waals surface area contributed by atoms with E-state index in [1.807, 2.05) is 36.9 Å². The second-order valence-electron chi connectivity index (χ2n) is 14.6. The molecule has 0 aliphatic heterocycles. The molecule has 9 rings (SSSR count). The van der Waals surface area contributed by atoms with E-state index in [2.05, 4.69) is 151 Å². The van der Waals surface area contributed by atoms with Gasteiger partial charge in [0, 0.05) is 39.9 Å². The molecule has 0 spiro atoms. The number of aryl methyl sites for hydroxylation is 1. The van der Waals surface area contributed by atoms with E-state index in [4.69, 9.17) is 0 Å². The Balaban J connectivity index is 1.47. The first-order valence-electron chi connectivity index (χ1n) is 17.7. The smallest absolute Gasteiger partial charge is 0.0645 e. The third kappa shape index (κ3) is 4.74. The molecule has 4 heteroatoms. The SMILES string of the molecule is CC(C)c1cc(N(c2ccccc2)c2cccnc2)c2cc3c4c(cc(N(c5ccccc5)c5cccnc5)c5ccc1c2c54)CCC3(C)C. The van der Waals surface area contributed by atoms with Crippen molar-refractivity contribution in [2.24, 2.45) is 0 Å². The summed E-state index contributed by atoms with van der Waals surface area (Å²) < 4.78 is 0. The fraction of sp³-hybridized carbons (Fsp3) is 0.174. The zero-order chi connectivity index (χ0) is 34.0. The molecular formula is C46H40N4. The Hall–Kier alpha value is -5.74. The van der Waals surface area contributed by atoms with Gasteiger partial charge in [0.2, 0.25) is 0 Å². The van der Waals surface area contributed by atoms with Crippen molar-refractivity contribution in [1.29, 1.82) is 0 Å². The van der Waals surface area contributed by atoms with Gasteiger partial charge in [0.05, 0.1) is 35.1 Å². The van der Waals surface area contributed by atoms with Crippen molar-refractivity contribution < 1.29 is 0 Å². The van der Waals surface area contributed by atoms with Crippen LogP contribution < -0.4 is 9.80 Å². The Bertz CT molecular complexity index is 2390. The van der Waals surface area contributed by atoms with Crippen LogP contribution in [0.2, 0.25) is 0 Å². The molecule has 0 atom stereocenters. The van der Waals surface area contributed by atoms with Gasteiger partial charge in [-0.05, 0) is 124 Å². The van der Waals surface area contributed by atoms with Crippen LogP contribution in [-0.2, 0) is 11.8 Å². The highest BCUT2D eigenvalue weighted by Crippen LogP contribution is 2.54. The Kier molecular flexibility index (Phi) is 7.10. The van der Waals surface area contributed by atoms with Crippen LogP contribution in [-0.4, -0.2) is 9.97 Å². The molecule has 0 radical (unpaired) electrons. The van der Waals surface area contributed by atoms with E-state index in [1.165, 1.54) is 60.4 Å². The molecule has 0 bridgehead atoms. The van der Waals surface area contributed by atoms with E-state index in [-0.39, 0.29) is 5.41 Å². The molecule has 6 aromatic carbocycles. The summed E-state index contributed by atoms with van der Waals surface area (Å²) in [5.74, 6) is 0.323. The minimum atomic E-state index is 0.0175. The normalized spacial score (nSPS) is 13.8. The quantitative estimate of drug-likeness (QED) is 0.161. The van der Waals surface area contributed by atoms with E-state index < -0.39 is 0 Å². The van der Waals surface area contributed by atoms with Gasteiger partial charge in [-0.25, -0.2) is 0 Å². The number of aromatic nitrogens is 2. The van der Waals surface area contributed by atoms with Crippen molar-refractivity contribution in [3.8, 4) is 0 Å². The molecule has 2 aromatic heterocycles. The summed E-state index contributed by atoms with van der Waals surface area (Å²) in [7, 11) is 0. The second-order valence-corrected chi connectivity index (χ2v) is 14.6. The number of para-hydroxylation sites is 2. The molecule has 8 aromatic rings. The maximum absolute atomic E-state index is 4.59. The summed E-state index contributed by atoms with van der Waals surface area (Å²) in [6.45, 7) is 9.50. The Labute approximate surface area is 294 Å². The lowest BCUT2D eigenvalue weighted by Crippen LogP contribution is -2.24. The van der Waals surface area contributed by atoms with Crippen LogP contribution in [0, 0.1) is 0 Å². The topological polar surface area (TPSA) is 32.3 Å². The Morgan fingerprint density at radius 3 is 1.68 bits per heavy atom. The van der Waals surface area contributed by atoms with Gasteiger partial charge < -0.3 is 9.80 Å². The van der Waals surface area contributed by atoms with Crippen molar-refractivity contribution in [1.82, 2.24) is 9.97 Å². The molecule has 0 N–H and O–H groups in total. The number of hydrogen-bond donors (Lipinski definition) is 0. The zero-order valence-electron chi connectivity index (χ0n) is 29.1. The molecule has 0 unspecified atom stereocenters. The van der Waals surface area contributed by atoms with E-state index in [1.54, 1.807) is 0 Å². The molecule has 50 heavy (non-hydrogen) atoms. The first kappa shape index (κ1) is 30.3. The van der Waals surface area contributed by atoms with Crippen LogP contribution >= 0.6 is 0 Å². The summed E-state index contributed by atoms with van der Waals surface area (Å²) in [6.07, 6.45) is 9.79. The molecule has 0 saturated heterocycles. The van der Waals surface area contributed by atoms with Crippen LogP contribution in [0.15, 0.2) is 140 Å². The molecule has 0 amide bonds. The summed E-state index contributed by atoms with van der Waals surface area (Å²) >= 11 is 0. The lowest BCUT2D eigenvalue weighted by Gasteiger charge is -2.37. The highest BCUT2D eigenvalue weighted by Gasteiger charge is 2.33. The van der Waals surface area contributed by atoms with Crippen molar-refractivity contribution in [3.63, 3.8) is 0 Å². The van der Waals surface area contributed by atoms with Gasteiger partial charge in [-0.2, -0.15) is 0 Å². The predicted molar refractivity (Wildman–Crippen MR) is 211 cm³/mol. The summed E-state index contributed by atoms with van der Waals surface area (Å²) in [5, 5.41) is 7.99. The second kappa shape index (κ2) is 11.7. The molecule has 0 fully saturated rings. The van der Waals surface area contributed by atoms with Crippen LogP contribution in [0.25, 0.3) is 32.3 Å². The molecule has 244 valence electrons. The lowest BCUT2D eigenvalue weighted by molar-refractivity contribution is 0.475. The number of nitrogens with zero attached hydrogens (tertiary/aromatic N) is 4. The van der Waals surface area contributed by atoms with E-state index in [0.717, 1.165) is 35.6 Å². The molecule has 0 saturated carbocycles. The van der Waals surface area contributed by atoms with Gasteiger partial charge >= 0.3 is 0 Å². The minimum absolute atomic E-state index is 0.0175. The Morgan fingerprint density at radius 2 is 1.12 bits per heavy atom. The summed E-state index contributed by atoms with van der Waals surface area (Å²) in [4.78, 5) is 14.0. The van der Waals surface area contributed by atoms with Gasteiger partial charge in [-0.1, -0.05) is 76.2 Å². The van der Waals surface area contributed by atoms with E-state index in [0.29, 0.717) is 5.92 Å². The third-order valence-corrected chi connectivity index (χ3v) is 10.8. The molecule has 1 aliphatic carbocycles. The van der Waals surface area contributed by atoms with Crippen molar-refractivity contribution in [2.45, 2.75) is 51.9 Å². The first-order valence-corrected chi connectivity index (χ1v) is 17.7. The third-order valence-electron chi connectivity index (χ3n) is 10.8. The molecule has 1 aliphatic rings. The maximum Gasteiger partial charge on any atom is 0.0645 e. The molecular weight excluding hydrogens is 609 g/mol. The van der Waals surface area contributed by atoms with Crippen molar-refractivity contribution in [3.05, 3.63) is 157 Å². The first-order chi connectivity index (χ1) is 24.4. The average molecular weight is 649 g/mol. The Morgan fingerprint density at radius 1 is 0.560 bits per heavy atom. The monoisotopic (exact) mass is 648 g/mol. The summed E-state index contributed by atoms with van der Waals surface area (Å²) in [5.41, 5.74) is 10.9. The lowest BCUT2D eigenvalue weighted by atomic mass is 9.70. The van der Waals surface area contributed by atoms with Crippen LogP contribution in [0.3, 0.4) is 0 Å². The van der Waals surface area contributed by atoms with Gasteiger partial charge in [-0.3, -0.25) is 9.97 Å². The number of benzene rings is 6. The van der Waals surface area contributed by atoms with Gasteiger partial charge in [-0.15, -0.1) is 0 Å². The van der Waals surface area contributed by atoms with Crippen molar-refractivity contribution in [2.75, 3.05) is 9.80 Å². The van der Waals surface area contributed by atoms with Crippen LogP contribution in [0.5, 0.6) is 0 Å². The highest BCUT2D eigenvalue weighted by atomic mass is 15.2. The van der Waals surface area contributed by atoms with Crippen LogP contribution in [0.1, 0.15) is 56.7 Å². The number of rotatable bonds is 7. The van der Waals surface area contributed by atoms with Gasteiger partial charge in [0.25, 0.3) is 0 Å². The minimum Gasteiger partial charge on any atom is -0.308 e. The van der Waals surface area contributed by atoms with Crippen molar-refractivity contribution >= 4 is 66.4 Å². The fourth-order valence-electron chi connectivity index (χ4n) is 8.31. The zero-order valence-corrected chi connectivity index (χ0v) is 29.1. The predicted octanol–water partition coefficient (Wildman–Crippen LogP) is 12.7. The van der Waals surface area contributed by atoms with Crippen LogP contribution in [0.4, 0.5) is 34.1 Å². The maximum atomic E-state index is 4.59. The largest absolute Gasteiger partial charge is 0.308 e. The average Bonchev–Trinajstić information content (AvgIpc) is 3.15. The highest BCUT2D eigenvalue weighted by molar-refractivity contribution is 6.30. The fourth-order valence-corrected chi connectivity index (χ4v) is 8.31. The standard InChI is InChI=1S/C46H40N4/c1-30(2)38-27-42(50(33-15-9-6-10-16-33)35-18-12-24-48-29-35)39-26-40-43-31(21-22-46(40,3)4)25-41(37-20-19-36(38)44(39)45(37)43)49(32-13-7-5-8-14-32)34-17-11-23-47-28-34/h5-20,23-30H,21-22H2,1-4H3. The molecule has 4 nitrogen and oxygen atoms in total. The summed E-state index contributed by atoms with van der Waals surface area (Å²) in [6, 6.07) is 42.1. The van der Waals surface area contributed by atoms with Gasteiger partial charge in [0.1, 0.15) is 0 Å². The molecule has 2 heterocycles. The van der Waals surface area contributed by atoms with E-state index >= 15 is 0 Å². The van der Waals surface area contributed by atoms with E-state index in [9.17, 15) is 0 Å². The number of anilines is 6. The number of hydrogen-bond acceptors (Lipinski definition) is 4. The van der Waals surface area contributed by atoms with Gasteiger partial charge in [0.15, 0.2) is 0 Å².